The van der Waals surface area contributed by atoms with Crippen molar-refractivity contribution in [3.8, 4) is 0 Å². The number of aromatic nitrogens is 2. The second kappa shape index (κ2) is 6.04. The van der Waals surface area contributed by atoms with Gasteiger partial charge in [-0.25, -0.2) is 4.98 Å². The van der Waals surface area contributed by atoms with Gasteiger partial charge in [0.2, 0.25) is 5.91 Å². The first kappa shape index (κ1) is 13.1. The summed E-state index contributed by atoms with van der Waals surface area (Å²) in [5.74, 6) is 0.864. The van der Waals surface area contributed by atoms with Crippen LogP contribution in [0.5, 0.6) is 0 Å². The number of carbonyl (C=O) groups excluding carboxylic acids is 1. The van der Waals surface area contributed by atoms with Crippen LogP contribution >= 0.6 is 0 Å². The van der Waals surface area contributed by atoms with E-state index >= 15 is 0 Å². The fraction of sp³-hybridized carbons (Fsp3) is 0.286. The molecule has 1 aromatic carbocycles. The average Bonchev–Trinajstić information content (AvgIpc) is 2.80. The number of benzene rings is 1. The first-order valence-electron chi connectivity index (χ1n) is 6.22. The Kier molecular flexibility index (Phi) is 4.18. The van der Waals surface area contributed by atoms with Crippen molar-refractivity contribution in [2.75, 3.05) is 5.73 Å². The molecule has 5 heteroatoms. The van der Waals surface area contributed by atoms with E-state index in [1.54, 1.807) is 6.20 Å². The molecule has 2 aromatic rings. The number of nitrogens with one attached hydrogen (secondary N) is 1. The third-order valence-electron chi connectivity index (χ3n) is 2.96. The van der Waals surface area contributed by atoms with E-state index < -0.39 is 0 Å². The maximum Gasteiger partial charge on any atom is 0.220 e. The van der Waals surface area contributed by atoms with Crippen molar-refractivity contribution in [2.24, 2.45) is 7.05 Å². The van der Waals surface area contributed by atoms with Crippen LogP contribution in [-0.2, 0) is 24.8 Å². The molecule has 0 aliphatic rings. The van der Waals surface area contributed by atoms with Gasteiger partial charge >= 0.3 is 0 Å². The third-order valence-corrected chi connectivity index (χ3v) is 2.96. The van der Waals surface area contributed by atoms with Gasteiger partial charge in [-0.2, -0.15) is 0 Å². The Morgan fingerprint density at radius 3 is 3.00 bits per heavy atom. The van der Waals surface area contributed by atoms with Crippen LogP contribution in [0.4, 0.5) is 5.69 Å². The molecule has 0 saturated heterocycles. The predicted octanol–water partition coefficient (Wildman–Crippen LogP) is 1.25. The zero-order valence-electron chi connectivity index (χ0n) is 11.0. The van der Waals surface area contributed by atoms with Gasteiger partial charge in [0, 0.05) is 31.5 Å². The second-order valence-electron chi connectivity index (χ2n) is 4.48. The predicted molar refractivity (Wildman–Crippen MR) is 74.2 cm³/mol. The number of anilines is 1. The Morgan fingerprint density at radius 1 is 1.47 bits per heavy atom. The minimum atomic E-state index is 0.0189. The van der Waals surface area contributed by atoms with Crippen LogP contribution < -0.4 is 11.1 Å². The Bertz CT molecular complexity index is 562. The number of nitrogens with zero attached hydrogens (tertiary/aromatic N) is 2. The van der Waals surface area contributed by atoms with Crippen molar-refractivity contribution in [1.29, 1.82) is 0 Å². The number of rotatable bonds is 5. The molecule has 5 nitrogen and oxygen atoms in total. The standard InChI is InChI=1S/C14H18N4O/c1-18-8-7-16-13(18)10-17-14(19)6-5-11-3-2-4-12(15)9-11/h2-4,7-9H,5-6,10,15H2,1H3,(H,17,19). The molecular weight excluding hydrogens is 240 g/mol. The van der Waals surface area contributed by atoms with E-state index in [0.717, 1.165) is 17.1 Å². The lowest BCUT2D eigenvalue weighted by Crippen LogP contribution is -2.24. The van der Waals surface area contributed by atoms with Crippen LogP contribution in [-0.4, -0.2) is 15.5 Å². The summed E-state index contributed by atoms with van der Waals surface area (Å²) in [6.45, 7) is 0.458. The van der Waals surface area contributed by atoms with E-state index in [2.05, 4.69) is 10.3 Å². The highest BCUT2D eigenvalue weighted by Gasteiger charge is 2.04. The SMILES string of the molecule is Cn1ccnc1CNC(=O)CCc1cccc(N)c1. The second-order valence-corrected chi connectivity index (χ2v) is 4.48. The number of hydrogen-bond donors (Lipinski definition) is 2. The van der Waals surface area contributed by atoms with Crippen LogP contribution in [0.2, 0.25) is 0 Å². The molecule has 0 unspecified atom stereocenters. The smallest absolute Gasteiger partial charge is 0.220 e. The minimum Gasteiger partial charge on any atom is -0.399 e. The van der Waals surface area contributed by atoms with Crippen molar-refractivity contribution in [3.05, 3.63) is 48.0 Å². The first-order valence-corrected chi connectivity index (χ1v) is 6.22. The first-order chi connectivity index (χ1) is 9.15. The number of amides is 1. The highest BCUT2D eigenvalue weighted by atomic mass is 16.1. The van der Waals surface area contributed by atoms with Crippen molar-refractivity contribution in [2.45, 2.75) is 19.4 Å². The van der Waals surface area contributed by atoms with Gasteiger partial charge in [0.05, 0.1) is 6.54 Å². The van der Waals surface area contributed by atoms with Gasteiger partial charge in [-0.3, -0.25) is 4.79 Å². The maximum atomic E-state index is 11.7. The fourth-order valence-electron chi connectivity index (χ4n) is 1.84. The highest BCUT2D eigenvalue weighted by molar-refractivity contribution is 5.76. The topological polar surface area (TPSA) is 72.9 Å². The lowest BCUT2D eigenvalue weighted by molar-refractivity contribution is -0.121. The summed E-state index contributed by atoms with van der Waals surface area (Å²) in [4.78, 5) is 15.9. The number of aryl methyl sites for hydroxylation is 2. The summed E-state index contributed by atoms with van der Waals surface area (Å²) >= 11 is 0. The number of imidazole rings is 1. The van der Waals surface area contributed by atoms with Gasteiger partial charge in [0.1, 0.15) is 5.82 Å². The van der Waals surface area contributed by atoms with Gasteiger partial charge in [0.25, 0.3) is 0 Å². The Labute approximate surface area is 112 Å². The van der Waals surface area contributed by atoms with Crippen molar-refractivity contribution < 1.29 is 4.79 Å². The van der Waals surface area contributed by atoms with Gasteiger partial charge in [-0.1, -0.05) is 12.1 Å². The van der Waals surface area contributed by atoms with Crippen LogP contribution in [0.25, 0.3) is 0 Å². The number of carbonyl (C=O) groups is 1. The molecule has 1 aromatic heterocycles. The van der Waals surface area contributed by atoms with E-state index in [0.29, 0.717) is 19.4 Å². The van der Waals surface area contributed by atoms with E-state index in [1.165, 1.54) is 0 Å². The zero-order chi connectivity index (χ0) is 13.7. The molecular formula is C14H18N4O. The molecule has 0 fully saturated rings. The Morgan fingerprint density at radius 2 is 2.32 bits per heavy atom. The Hall–Kier alpha value is -2.30. The molecule has 0 aliphatic carbocycles. The molecule has 0 spiro atoms. The molecule has 0 saturated carbocycles. The molecule has 0 atom stereocenters. The quantitative estimate of drug-likeness (QED) is 0.793. The fourth-order valence-corrected chi connectivity index (χ4v) is 1.84. The Balaban J connectivity index is 1.77. The molecule has 1 heterocycles. The van der Waals surface area contributed by atoms with Crippen LogP contribution in [0, 0.1) is 0 Å². The number of hydrogen-bond acceptors (Lipinski definition) is 3. The summed E-state index contributed by atoms with van der Waals surface area (Å²) in [5, 5.41) is 2.86. The van der Waals surface area contributed by atoms with Gasteiger partial charge < -0.3 is 15.6 Å². The maximum absolute atomic E-state index is 11.7. The summed E-state index contributed by atoms with van der Waals surface area (Å²) in [6.07, 6.45) is 4.72. The molecule has 0 bridgehead atoms. The summed E-state index contributed by atoms with van der Waals surface area (Å²) < 4.78 is 1.89. The molecule has 1 amide bonds. The number of nitrogens with two attached hydrogens (primary N) is 1. The molecule has 2 rings (SSSR count). The van der Waals surface area contributed by atoms with Crippen LogP contribution in [0.15, 0.2) is 36.7 Å². The van der Waals surface area contributed by atoms with E-state index in [-0.39, 0.29) is 5.91 Å². The minimum absolute atomic E-state index is 0.0189. The van der Waals surface area contributed by atoms with E-state index in [4.69, 9.17) is 5.73 Å². The van der Waals surface area contributed by atoms with Gasteiger partial charge in [0.15, 0.2) is 0 Å². The summed E-state index contributed by atoms with van der Waals surface area (Å²) in [7, 11) is 1.90. The average molecular weight is 258 g/mol. The lowest BCUT2D eigenvalue weighted by Gasteiger charge is -2.06. The van der Waals surface area contributed by atoms with E-state index in [1.807, 2.05) is 42.1 Å². The van der Waals surface area contributed by atoms with Crippen LogP contribution in [0.3, 0.4) is 0 Å². The number of nitrogen functional groups attached to an aromatic ring is 1. The molecule has 19 heavy (non-hydrogen) atoms. The molecule has 100 valence electrons. The van der Waals surface area contributed by atoms with Crippen molar-refractivity contribution >= 4 is 11.6 Å². The normalized spacial score (nSPS) is 10.4. The summed E-state index contributed by atoms with van der Waals surface area (Å²) in [6, 6.07) is 7.61. The van der Waals surface area contributed by atoms with Crippen molar-refractivity contribution in [1.82, 2.24) is 14.9 Å². The van der Waals surface area contributed by atoms with Gasteiger partial charge in [-0.15, -0.1) is 0 Å². The summed E-state index contributed by atoms with van der Waals surface area (Å²) in [5.41, 5.74) is 7.50. The monoisotopic (exact) mass is 258 g/mol. The van der Waals surface area contributed by atoms with Crippen molar-refractivity contribution in [3.63, 3.8) is 0 Å². The zero-order valence-corrected chi connectivity index (χ0v) is 11.0. The van der Waals surface area contributed by atoms with Gasteiger partial charge in [-0.05, 0) is 24.1 Å². The molecule has 3 N–H and O–H groups in total. The third kappa shape index (κ3) is 3.84. The molecule has 0 radical (unpaired) electrons. The lowest BCUT2D eigenvalue weighted by atomic mass is 10.1. The highest BCUT2D eigenvalue weighted by Crippen LogP contribution is 2.08. The molecule has 0 aliphatic heterocycles. The largest absolute Gasteiger partial charge is 0.399 e. The van der Waals surface area contributed by atoms with Crippen LogP contribution in [0.1, 0.15) is 17.8 Å². The van der Waals surface area contributed by atoms with E-state index in [9.17, 15) is 4.79 Å².